The van der Waals surface area contributed by atoms with E-state index >= 15 is 0 Å². The minimum Gasteiger partial charge on any atom is -0.497 e. The first-order valence-electron chi connectivity index (χ1n) is 15.5. The summed E-state index contributed by atoms with van der Waals surface area (Å²) in [6.45, 7) is 15.6. The molecule has 0 fully saturated rings. The number of nitrogens with one attached hydrogen (secondary N) is 1. The first kappa shape index (κ1) is 33.0. The molecule has 0 radical (unpaired) electrons. The van der Waals surface area contributed by atoms with Crippen LogP contribution in [0.3, 0.4) is 0 Å². The molecule has 12 heteroatoms. The molecule has 0 aliphatic rings. The molecule has 0 spiro atoms. The zero-order valence-corrected chi connectivity index (χ0v) is 28.9. The lowest BCUT2D eigenvalue weighted by atomic mass is 10.1. The van der Waals surface area contributed by atoms with Gasteiger partial charge in [-0.1, -0.05) is 34.6 Å². The number of hydrogen-bond acceptors (Lipinski definition) is 8. The number of carbonyl (C=O) groups excluding carboxylic acids is 1. The Morgan fingerprint density at radius 3 is 2.52 bits per heavy atom. The molecule has 0 aliphatic carbocycles. The van der Waals surface area contributed by atoms with Crippen LogP contribution in [0.4, 0.5) is 4.79 Å². The van der Waals surface area contributed by atoms with Gasteiger partial charge in [0.2, 0.25) is 0 Å². The van der Waals surface area contributed by atoms with Gasteiger partial charge in [0.25, 0.3) is 0 Å². The zero-order valence-electron chi connectivity index (χ0n) is 27.9. The first-order valence-corrected chi connectivity index (χ1v) is 18.4. The summed E-state index contributed by atoms with van der Waals surface area (Å²) in [6, 6.07) is 11.9. The van der Waals surface area contributed by atoms with Gasteiger partial charge in [0.1, 0.15) is 23.8 Å². The van der Waals surface area contributed by atoms with Crippen LogP contribution in [0.2, 0.25) is 18.1 Å². The van der Waals surface area contributed by atoms with Crippen molar-refractivity contribution in [1.29, 1.82) is 0 Å². The van der Waals surface area contributed by atoms with Crippen molar-refractivity contribution in [1.82, 2.24) is 24.6 Å². The number of aromatic amines is 1. The standard InChI is InChI=1S/C34H44N6O5Si/c1-21(2)28-19-38-40-30(24-13-22-9-11-36-31(22)37-18-24)17-29(39-32(28)40)23-14-26(42-6)16-27(15-23)44-20-25(10-12-43-33(35)41)45-46(7,8)34(3,4)5/h9,11,13-19,21,25H,10,12,20H2,1-8H3,(H2,35,41)(H,36,37). The van der Waals surface area contributed by atoms with E-state index in [2.05, 4.69) is 63.7 Å². The van der Waals surface area contributed by atoms with Crippen molar-refractivity contribution in [2.45, 2.75) is 71.2 Å². The van der Waals surface area contributed by atoms with Gasteiger partial charge in [-0.2, -0.15) is 5.10 Å². The molecule has 0 saturated heterocycles. The normalized spacial score (nSPS) is 13.0. The fourth-order valence-corrected chi connectivity index (χ4v) is 6.36. The third-order valence-electron chi connectivity index (χ3n) is 8.62. The van der Waals surface area contributed by atoms with Gasteiger partial charge in [-0.15, -0.1) is 0 Å². The average Bonchev–Trinajstić information content (AvgIpc) is 3.65. The Bertz CT molecular complexity index is 1840. The molecule has 4 heterocycles. The summed E-state index contributed by atoms with van der Waals surface area (Å²) in [4.78, 5) is 24.1. The number of benzene rings is 1. The number of rotatable bonds is 12. The molecule has 244 valence electrons. The molecule has 0 saturated carbocycles. The summed E-state index contributed by atoms with van der Waals surface area (Å²) in [5, 5.41) is 5.72. The first-order chi connectivity index (χ1) is 21.8. The molecular weight excluding hydrogens is 600 g/mol. The second-order valence-corrected chi connectivity index (χ2v) is 18.1. The van der Waals surface area contributed by atoms with Gasteiger partial charge in [-0.05, 0) is 54.4 Å². The number of amides is 1. The Kier molecular flexibility index (Phi) is 9.41. The highest BCUT2D eigenvalue weighted by Crippen LogP contribution is 2.38. The number of pyridine rings is 1. The minimum atomic E-state index is -2.15. The van der Waals surface area contributed by atoms with Gasteiger partial charge in [0.05, 0.1) is 37.4 Å². The van der Waals surface area contributed by atoms with E-state index in [-0.39, 0.29) is 30.3 Å². The molecule has 0 aliphatic heterocycles. The molecular formula is C34H44N6O5Si. The number of nitrogens with zero attached hydrogens (tertiary/aromatic N) is 4. The van der Waals surface area contributed by atoms with E-state index < -0.39 is 14.4 Å². The molecule has 3 N–H and O–H groups in total. The monoisotopic (exact) mass is 644 g/mol. The van der Waals surface area contributed by atoms with Crippen molar-refractivity contribution in [3.05, 3.63) is 60.6 Å². The Labute approximate surface area is 270 Å². The van der Waals surface area contributed by atoms with E-state index in [9.17, 15) is 4.79 Å². The smallest absolute Gasteiger partial charge is 0.404 e. The van der Waals surface area contributed by atoms with E-state index in [1.807, 2.05) is 53.4 Å². The maximum absolute atomic E-state index is 11.2. The summed E-state index contributed by atoms with van der Waals surface area (Å²) in [6.07, 6.45) is 4.94. The van der Waals surface area contributed by atoms with Gasteiger partial charge < -0.3 is 29.4 Å². The van der Waals surface area contributed by atoms with Crippen LogP contribution in [-0.2, 0) is 9.16 Å². The fraction of sp³-hybridized carbons (Fsp3) is 0.412. The third kappa shape index (κ3) is 7.18. The van der Waals surface area contributed by atoms with Crippen LogP contribution in [0.15, 0.2) is 55.0 Å². The van der Waals surface area contributed by atoms with Crippen LogP contribution in [0.25, 0.3) is 39.2 Å². The van der Waals surface area contributed by atoms with E-state index in [1.165, 1.54) is 0 Å². The third-order valence-corrected chi connectivity index (χ3v) is 13.2. The molecule has 1 aromatic carbocycles. The predicted octanol–water partition coefficient (Wildman–Crippen LogP) is 7.33. The summed E-state index contributed by atoms with van der Waals surface area (Å²) in [5.41, 5.74) is 11.2. The van der Waals surface area contributed by atoms with Gasteiger partial charge in [0.15, 0.2) is 14.0 Å². The van der Waals surface area contributed by atoms with Crippen molar-refractivity contribution < 1.29 is 23.4 Å². The highest BCUT2D eigenvalue weighted by molar-refractivity contribution is 6.74. The molecule has 1 unspecified atom stereocenters. The lowest BCUT2D eigenvalue weighted by molar-refractivity contribution is 0.0809. The second-order valence-electron chi connectivity index (χ2n) is 13.3. The Morgan fingerprint density at radius 1 is 1.07 bits per heavy atom. The van der Waals surface area contributed by atoms with Crippen LogP contribution >= 0.6 is 0 Å². The number of methoxy groups -OCH3 is 1. The minimum absolute atomic E-state index is 0.00932. The highest BCUT2D eigenvalue weighted by atomic mass is 28.4. The maximum atomic E-state index is 11.2. The maximum Gasteiger partial charge on any atom is 0.404 e. The Hall–Kier alpha value is -4.42. The number of ether oxygens (including phenoxy) is 3. The fourth-order valence-electron chi connectivity index (χ4n) is 4.99. The van der Waals surface area contributed by atoms with E-state index in [0.717, 1.165) is 44.8 Å². The van der Waals surface area contributed by atoms with Crippen molar-refractivity contribution in [2.75, 3.05) is 20.3 Å². The van der Waals surface area contributed by atoms with Gasteiger partial charge in [-0.3, -0.25) is 0 Å². The predicted molar refractivity (Wildman–Crippen MR) is 182 cm³/mol. The quantitative estimate of drug-likeness (QED) is 0.135. The number of nitrogens with two attached hydrogens (primary N) is 1. The summed E-state index contributed by atoms with van der Waals surface area (Å²) >= 11 is 0. The molecule has 1 amide bonds. The van der Waals surface area contributed by atoms with Crippen LogP contribution in [0.5, 0.6) is 11.5 Å². The SMILES string of the molecule is COc1cc(OCC(CCOC(N)=O)O[Si](C)(C)C(C)(C)C)cc(-c2cc(-c3cnc4[nH]ccc4c3)n3ncc(C(C)C)c3n2)c1. The number of carbonyl (C=O) groups is 1. The van der Waals surface area contributed by atoms with Crippen LogP contribution < -0.4 is 15.2 Å². The van der Waals surface area contributed by atoms with Crippen molar-refractivity contribution >= 4 is 31.1 Å². The Balaban J connectivity index is 1.52. The Morgan fingerprint density at radius 2 is 1.83 bits per heavy atom. The van der Waals surface area contributed by atoms with Crippen molar-refractivity contribution in [3.8, 4) is 34.0 Å². The van der Waals surface area contributed by atoms with E-state index in [4.69, 9.17) is 34.5 Å². The van der Waals surface area contributed by atoms with Gasteiger partial charge >= 0.3 is 6.09 Å². The second kappa shape index (κ2) is 13.1. The molecule has 11 nitrogen and oxygen atoms in total. The molecule has 4 aromatic heterocycles. The topological polar surface area (TPSA) is 139 Å². The van der Waals surface area contributed by atoms with E-state index in [0.29, 0.717) is 17.9 Å². The molecule has 0 bridgehead atoms. The van der Waals surface area contributed by atoms with Crippen molar-refractivity contribution in [3.63, 3.8) is 0 Å². The van der Waals surface area contributed by atoms with Gasteiger partial charge in [0, 0.05) is 47.0 Å². The largest absolute Gasteiger partial charge is 0.497 e. The molecule has 46 heavy (non-hydrogen) atoms. The number of H-pyrrole nitrogens is 1. The van der Waals surface area contributed by atoms with Gasteiger partial charge in [-0.25, -0.2) is 19.3 Å². The number of fused-ring (bicyclic) bond motifs is 2. The number of primary amides is 1. The average molecular weight is 645 g/mol. The highest BCUT2D eigenvalue weighted by Gasteiger charge is 2.39. The summed E-state index contributed by atoms with van der Waals surface area (Å²) < 4.78 is 25.6. The van der Waals surface area contributed by atoms with Crippen LogP contribution in [0, 0.1) is 0 Å². The molecule has 1 atom stereocenters. The number of aromatic nitrogens is 5. The lowest BCUT2D eigenvalue weighted by Gasteiger charge is -2.39. The summed E-state index contributed by atoms with van der Waals surface area (Å²) in [5.74, 6) is 1.45. The molecule has 5 rings (SSSR count). The zero-order chi connectivity index (χ0) is 33.2. The van der Waals surface area contributed by atoms with Crippen molar-refractivity contribution in [2.24, 2.45) is 5.73 Å². The van der Waals surface area contributed by atoms with E-state index in [1.54, 1.807) is 7.11 Å². The van der Waals surface area contributed by atoms with Crippen LogP contribution in [0.1, 0.15) is 52.5 Å². The lowest BCUT2D eigenvalue weighted by Crippen LogP contribution is -2.45. The molecule has 5 aromatic rings. The number of hydrogen-bond donors (Lipinski definition) is 2. The summed E-state index contributed by atoms with van der Waals surface area (Å²) in [7, 11) is -0.526. The van der Waals surface area contributed by atoms with Crippen LogP contribution in [-0.4, -0.2) is 65.4 Å².